The quantitative estimate of drug-likeness (QED) is 0.755. The van der Waals surface area contributed by atoms with Gasteiger partial charge in [0.05, 0.1) is 17.5 Å². The van der Waals surface area contributed by atoms with Gasteiger partial charge in [-0.2, -0.15) is 0 Å². The van der Waals surface area contributed by atoms with Gasteiger partial charge in [-0.25, -0.2) is 13.1 Å². The summed E-state index contributed by atoms with van der Waals surface area (Å²) in [4.78, 5) is 13.5. The Morgan fingerprint density at radius 1 is 1.35 bits per heavy atom. The van der Waals surface area contributed by atoms with Gasteiger partial charge in [-0.1, -0.05) is 6.07 Å². The summed E-state index contributed by atoms with van der Waals surface area (Å²) in [7, 11) is -3.68. The number of aryl methyl sites for hydroxylation is 1. The summed E-state index contributed by atoms with van der Waals surface area (Å²) < 4.78 is 32.9. The number of sulfonamides is 1. The molecule has 2 aromatic rings. The number of hydrogen-bond acceptors (Lipinski definition) is 5. The third kappa shape index (κ3) is 4.70. The summed E-state index contributed by atoms with van der Waals surface area (Å²) in [5, 5.41) is 4.81. The molecule has 0 spiro atoms. The predicted molar refractivity (Wildman–Crippen MR) is 101 cm³/mol. The first-order valence-corrected chi connectivity index (χ1v) is 10.8. The Labute approximate surface area is 157 Å². The Kier molecular flexibility index (Phi) is 6.08. The lowest BCUT2D eigenvalue weighted by Crippen LogP contribution is -2.32. The Bertz CT molecular complexity index is 871. The van der Waals surface area contributed by atoms with Crippen molar-refractivity contribution in [2.45, 2.75) is 37.3 Å². The second-order valence-electron chi connectivity index (χ2n) is 6.22. The number of ether oxygens (including phenoxy) is 1. The van der Waals surface area contributed by atoms with Crippen molar-refractivity contribution in [3.8, 4) is 0 Å². The van der Waals surface area contributed by atoms with Crippen molar-refractivity contribution in [2.24, 2.45) is 0 Å². The van der Waals surface area contributed by atoms with Crippen LogP contribution in [-0.2, 0) is 21.3 Å². The van der Waals surface area contributed by atoms with Gasteiger partial charge in [-0.05, 0) is 55.0 Å². The van der Waals surface area contributed by atoms with Crippen molar-refractivity contribution < 1.29 is 17.9 Å². The van der Waals surface area contributed by atoms with Gasteiger partial charge in [0.15, 0.2) is 0 Å². The van der Waals surface area contributed by atoms with Crippen LogP contribution in [0.25, 0.3) is 0 Å². The monoisotopic (exact) mass is 394 g/mol. The van der Waals surface area contributed by atoms with E-state index in [1.165, 1.54) is 12.1 Å². The molecule has 1 aliphatic rings. The van der Waals surface area contributed by atoms with Crippen molar-refractivity contribution in [3.63, 3.8) is 0 Å². The number of hydrogen-bond donors (Lipinski definition) is 2. The second kappa shape index (κ2) is 8.30. The van der Waals surface area contributed by atoms with E-state index in [-0.39, 0.29) is 23.5 Å². The van der Waals surface area contributed by atoms with Gasteiger partial charge in [0.25, 0.3) is 5.91 Å². The molecule has 1 saturated heterocycles. The van der Waals surface area contributed by atoms with E-state index in [0.717, 1.165) is 23.3 Å². The SMILES string of the molecule is Cc1ccsc1CNC(=O)c1cccc(S(=O)(=O)NCC2CCCO2)c1. The number of carbonyl (C=O) groups is 1. The van der Waals surface area contributed by atoms with Crippen molar-refractivity contribution in [1.82, 2.24) is 10.0 Å². The van der Waals surface area contributed by atoms with E-state index in [2.05, 4.69) is 10.0 Å². The molecule has 1 aliphatic heterocycles. The Hall–Kier alpha value is -1.74. The van der Waals surface area contributed by atoms with E-state index >= 15 is 0 Å². The van der Waals surface area contributed by atoms with E-state index in [0.29, 0.717) is 18.7 Å². The van der Waals surface area contributed by atoms with E-state index in [1.54, 1.807) is 23.5 Å². The van der Waals surface area contributed by atoms with Gasteiger partial charge in [-0.15, -0.1) is 11.3 Å². The minimum absolute atomic E-state index is 0.0784. The Morgan fingerprint density at radius 2 is 2.19 bits per heavy atom. The molecule has 0 bridgehead atoms. The third-order valence-corrected chi connectivity index (χ3v) is 6.75. The van der Waals surface area contributed by atoms with Crippen LogP contribution in [0.15, 0.2) is 40.6 Å². The number of nitrogens with one attached hydrogen (secondary N) is 2. The highest BCUT2D eigenvalue weighted by Crippen LogP contribution is 2.17. The van der Waals surface area contributed by atoms with Crippen LogP contribution in [0, 0.1) is 6.92 Å². The van der Waals surface area contributed by atoms with Gasteiger partial charge in [0.2, 0.25) is 10.0 Å². The molecule has 0 radical (unpaired) electrons. The van der Waals surface area contributed by atoms with Crippen molar-refractivity contribution in [2.75, 3.05) is 13.2 Å². The van der Waals surface area contributed by atoms with Crippen molar-refractivity contribution in [1.29, 1.82) is 0 Å². The van der Waals surface area contributed by atoms with Gasteiger partial charge < -0.3 is 10.1 Å². The maximum Gasteiger partial charge on any atom is 0.251 e. The maximum atomic E-state index is 12.5. The zero-order valence-corrected chi connectivity index (χ0v) is 16.2. The van der Waals surface area contributed by atoms with Crippen LogP contribution < -0.4 is 10.0 Å². The summed E-state index contributed by atoms with van der Waals surface area (Å²) in [6.45, 7) is 3.34. The van der Waals surface area contributed by atoms with Gasteiger partial charge in [0, 0.05) is 23.6 Å². The fourth-order valence-electron chi connectivity index (χ4n) is 2.74. The molecule has 140 valence electrons. The zero-order valence-electron chi connectivity index (χ0n) is 14.5. The van der Waals surface area contributed by atoms with Gasteiger partial charge in [-0.3, -0.25) is 4.79 Å². The molecule has 1 fully saturated rings. The number of thiophene rings is 1. The molecule has 1 aromatic heterocycles. The lowest BCUT2D eigenvalue weighted by atomic mass is 10.2. The standard InChI is InChI=1S/C18H22N2O4S2/c1-13-7-9-25-17(13)12-19-18(21)14-4-2-6-16(10-14)26(22,23)20-11-15-5-3-8-24-15/h2,4,6-7,9-10,15,20H,3,5,8,11-12H2,1H3,(H,19,21). The maximum absolute atomic E-state index is 12.5. The van der Waals surface area contributed by atoms with E-state index in [9.17, 15) is 13.2 Å². The smallest absolute Gasteiger partial charge is 0.251 e. The fourth-order valence-corrected chi connectivity index (χ4v) is 4.70. The van der Waals surface area contributed by atoms with Gasteiger partial charge >= 0.3 is 0 Å². The average Bonchev–Trinajstić information content (AvgIpc) is 3.30. The largest absolute Gasteiger partial charge is 0.377 e. The molecule has 1 unspecified atom stereocenters. The third-order valence-electron chi connectivity index (χ3n) is 4.31. The van der Waals surface area contributed by atoms with E-state index in [4.69, 9.17) is 4.74 Å². The molecular formula is C18H22N2O4S2. The molecule has 3 rings (SSSR count). The van der Waals surface area contributed by atoms with Crippen LogP contribution in [-0.4, -0.2) is 33.6 Å². The molecule has 1 aromatic carbocycles. The summed E-state index contributed by atoms with van der Waals surface area (Å²) in [5.41, 5.74) is 1.45. The number of rotatable bonds is 7. The van der Waals surface area contributed by atoms with Crippen LogP contribution in [0.3, 0.4) is 0 Å². The van der Waals surface area contributed by atoms with Crippen molar-refractivity contribution in [3.05, 3.63) is 51.7 Å². The molecule has 2 N–H and O–H groups in total. The summed E-state index contributed by atoms with van der Waals surface area (Å²) in [6, 6.07) is 8.06. The Balaban J connectivity index is 1.64. The van der Waals surface area contributed by atoms with Gasteiger partial charge in [0.1, 0.15) is 0 Å². The lowest BCUT2D eigenvalue weighted by molar-refractivity contribution is 0.0951. The number of amides is 1. The molecule has 26 heavy (non-hydrogen) atoms. The summed E-state index contributed by atoms with van der Waals surface area (Å²) in [6.07, 6.45) is 1.73. The molecule has 1 amide bonds. The van der Waals surface area contributed by atoms with Crippen LogP contribution in [0.4, 0.5) is 0 Å². The second-order valence-corrected chi connectivity index (χ2v) is 8.99. The summed E-state index contributed by atoms with van der Waals surface area (Å²) in [5.74, 6) is -0.297. The molecule has 8 heteroatoms. The fraction of sp³-hybridized carbons (Fsp3) is 0.389. The topological polar surface area (TPSA) is 84.5 Å². The minimum atomic E-state index is -3.68. The van der Waals surface area contributed by atoms with Crippen LogP contribution in [0.5, 0.6) is 0 Å². The molecular weight excluding hydrogens is 372 g/mol. The molecule has 1 atom stereocenters. The highest BCUT2D eigenvalue weighted by molar-refractivity contribution is 7.89. The highest BCUT2D eigenvalue weighted by atomic mass is 32.2. The molecule has 0 aliphatic carbocycles. The van der Waals surface area contributed by atoms with Crippen LogP contribution in [0.1, 0.15) is 33.6 Å². The Morgan fingerprint density at radius 3 is 2.88 bits per heavy atom. The minimum Gasteiger partial charge on any atom is -0.377 e. The zero-order chi connectivity index (χ0) is 18.6. The van der Waals surface area contributed by atoms with Crippen molar-refractivity contribution >= 4 is 27.3 Å². The molecule has 6 nitrogen and oxygen atoms in total. The normalized spacial score (nSPS) is 17.3. The number of benzene rings is 1. The lowest BCUT2D eigenvalue weighted by Gasteiger charge is -2.12. The first-order valence-electron chi connectivity index (χ1n) is 8.48. The van der Waals surface area contributed by atoms with Crippen LogP contribution >= 0.6 is 11.3 Å². The molecule has 0 saturated carbocycles. The summed E-state index contributed by atoms with van der Waals surface area (Å²) >= 11 is 1.58. The number of carbonyl (C=O) groups excluding carboxylic acids is 1. The average molecular weight is 395 g/mol. The molecule has 2 heterocycles. The van der Waals surface area contributed by atoms with Crippen LogP contribution in [0.2, 0.25) is 0 Å². The van der Waals surface area contributed by atoms with E-state index < -0.39 is 10.0 Å². The first-order chi connectivity index (χ1) is 12.5. The highest BCUT2D eigenvalue weighted by Gasteiger charge is 2.21. The van der Waals surface area contributed by atoms with E-state index in [1.807, 2.05) is 18.4 Å². The predicted octanol–water partition coefficient (Wildman–Crippen LogP) is 2.44. The first kappa shape index (κ1) is 19.0.